The van der Waals surface area contributed by atoms with Gasteiger partial charge in [-0.1, -0.05) is 11.6 Å². The Bertz CT molecular complexity index is 567. The third kappa shape index (κ3) is 1.69. The van der Waals surface area contributed by atoms with Crippen molar-refractivity contribution in [1.82, 2.24) is 14.8 Å². The molecule has 2 aromatic rings. The van der Waals surface area contributed by atoms with Crippen molar-refractivity contribution in [3.8, 4) is 11.4 Å². The minimum absolute atomic E-state index is 0.569. The van der Waals surface area contributed by atoms with E-state index in [0.717, 1.165) is 22.9 Å². The first kappa shape index (κ1) is 10.3. The standard InChI is InChI=1S/C13H16N4/c1-8-3-6-12(14)11(7-8)13-16-15-9(2)17(13)10-4-5-10/h3,6-7,10H,4-5,14H2,1-2H3. The zero-order valence-corrected chi connectivity index (χ0v) is 10.1. The summed E-state index contributed by atoms with van der Waals surface area (Å²) in [5.74, 6) is 1.88. The van der Waals surface area contributed by atoms with Crippen molar-refractivity contribution in [3.63, 3.8) is 0 Å². The molecule has 1 aliphatic rings. The number of aryl methyl sites for hydroxylation is 2. The topological polar surface area (TPSA) is 56.7 Å². The van der Waals surface area contributed by atoms with Crippen molar-refractivity contribution in [2.45, 2.75) is 32.7 Å². The summed E-state index contributed by atoms with van der Waals surface area (Å²) in [5, 5.41) is 8.46. The van der Waals surface area contributed by atoms with E-state index in [2.05, 4.69) is 27.8 Å². The van der Waals surface area contributed by atoms with E-state index in [-0.39, 0.29) is 0 Å². The highest BCUT2D eigenvalue weighted by Crippen LogP contribution is 2.39. The molecule has 0 bridgehead atoms. The summed E-state index contributed by atoms with van der Waals surface area (Å²) >= 11 is 0. The third-order valence-corrected chi connectivity index (χ3v) is 3.23. The molecule has 1 saturated carbocycles. The second-order valence-corrected chi connectivity index (χ2v) is 4.76. The molecule has 0 amide bonds. The van der Waals surface area contributed by atoms with E-state index < -0.39 is 0 Å². The van der Waals surface area contributed by atoms with Crippen LogP contribution in [0, 0.1) is 13.8 Å². The predicted octanol–water partition coefficient (Wildman–Crippen LogP) is 2.48. The Kier molecular flexibility index (Phi) is 2.18. The number of nitrogens with two attached hydrogens (primary N) is 1. The predicted molar refractivity (Wildman–Crippen MR) is 67.6 cm³/mol. The van der Waals surface area contributed by atoms with E-state index in [0.29, 0.717) is 6.04 Å². The van der Waals surface area contributed by atoms with Crippen molar-refractivity contribution in [2.24, 2.45) is 0 Å². The van der Waals surface area contributed by atoms with Crippen molar-refractivity contribution < 1.29 is 0 Å². The van der Waals surface area contributed by atoms with E-state index >= 15 is 0 Å². The van der Waals surface area contributed by atoms with Crippen molar-refractivity contribution in [3.05, 3.63) is 29.6 Å². The molecule has 4 nitrogen and oxygen atoms in total. The fraction of sp³-hybridized carbons (Fsp3) is 0.385. The molecule has 0 unspecified atom stereocenters. The van der Waals surface area contributed by atoms with Crippen LogP contribution >= 0.6 is 0 Å². The van der Waals surface area contributed by atoms with Crippen LogP contribution in [0.2, 0.25) is 0 Å². The molecule has 0 saturated heterocycles. The summed E-state index contributed by atoms with van der Waals surface area (Å²) in [6.07, 6.45) is 2.44. The molecule has 0 radical (unpaired) electrons. The maximum absolute atomic E-state index is 6.04. The highest BCUT2D eigenvalue weighted by atomic mass is 15.3. The molecule has 1 aromatic carbocycles. The summed E-state index contributed by atoms with van der Waals surface area (Å²) in [6, 6.07) is 6.60. The number of nitrogens with zero attached hydrogens (tertiary/aromatic N) is 3. The Hall–Kier alpha value is -1.84. The van der Waals surface area contributed by atoms with Crippen LogP contribution in [0.3, 0.4) is 0 Å². The zero-order valence-electron chi connectivity index (χ0n) is 10.1. The number of anilines is 1. The molecule has 2 N–H and O–H groups in total. The van der Waals surface area contributed by atoms with Crippen LogP contribution in [0.15, 0.2) is 18.2 Å². The number of rotatable bonds is 2. The lowest BCUT2D eigenvalue weighted by molar-refractivity contribution is 0.717. The van der Waals surface area contributed by atoms with Gasteiger partial charge in [0.15, 0.2) is 5.82 Å². The zero-order chi connectivity index (χ0) is 12.0. The third-order valence-electron chi connectivity index (χ3n) is 3.23. The van der Waals surface area contributed by atoms with Crippen molar-refractivity contribution >= 4 is 5.69 Å². The van der Waals surface area contributed by atoms with Crippen LogP contribution in [0.25, 0.3) is 11.4 Å². The summed E-state index contributed by atoms with van der Waals surface area (Å²) in [6.45, 7) is 4.06. The van der Waals surface area contributed by atoms with E-state index in [9.17, 15) is 0 Å². The van der Waals surface area contributed by atoms with Crippen LogP contribution in [-0.2, 0) is 0 Å². The molecule has 1 aliphatic carbocycles. The molecular formula is C13H16N4. The van der Waals surface area contributed by atoms with Gasteiger partial charge >= 0.3 is 0 Å². The molecule has 88 valence electrons. The van der Waals surface area contributed by atoms with Gasteiger partial charge in [-0.05, 0) is 38.8 Å². The number of nitrogen functional groups attached to an aromatic ring is 1. The lowest BCUT2D eigenvalue weighted by Gasteiger charge is -2.09. The first-order valence-corrected chi connectivity index (χ1v) is 5.95. The molecule has 3 rings (SSSR count). The average Bonchev–Trinajstić information content (AvgIpc) is 3.06. The van der Waals surface area contributed by atoms with Crippen LogP contribution in [0.1, 0.15) is 30.3 Å². The number of hydrogen-bond donors (Lipinski definition) is 1. The second-order valence-electron chi connectivity index (χ2n) is 4.76. The molecule has 1 fully saturated rings. The highest BCUT2D eigenvalue weighted by molar-refractivity contribution is 5.72. The normalized spacial score (nSPS) is 15.2. The van der Waals surface area contributed by atoms with E-state index in [1.54, 1.807) is 0 Å². The molecule has 0 spiro atoms. The van der Waals surface area contributed by atoms with Crippen LogP contribution in [-0.4, -0.2) is 14.8 Å². The van der Waals surface area contributed by atoms with Crippen LogP contribution < -0.4 is 5.73 Å². The number of aromatic nitrogens is 3. The van der Waals surface area contributed by atoms with Gasteiger partial charge in [0.05, 0.1) is 0 Å². The van der Waals surface area contributed by atoms with E-state index in [1.807, 2.05) is 19.1 Å². The van der Waals surface area contributed by atoms with Crippen molar-refractivity contribution in [1.29, 1.82) is 0 Å². The fourth-order valence-corrected chi connectivity index (χ4v) is 2.19. The van der Waals surface area contributed by atoms with E-state index in [1.165, 1.54) is 18.4 Å². The van der Waals surface area contributed by atoms with Gasteiger partial charge in [-0.3, -0.25) is 0 Å². The van der Waals surface area contributed by atoms with Gasteiger partial charge in [0, 0.05) is 17.3 Å². The van der Waals surface area contributed by atoms with Crippen molar-refractivity contribution in [2.75, 3.05) is 5.73 Å². The SMILES string of the molecule is Cc1ccc(N)c(-c2nnc(C)n2C2CC2)c1. The Morgan fingerprint density at radius 1 is 1.24 bits per heavy atom. The maximum Gasteiger partial charge on any atom is 0.166 e. The molecular weight excluding hydrogens is 212 g/mol. The highest BCUT2D eigenvalue weighted by Gasteiger charge is 2.29. The monoisotopic (exact) mass is 228 g/mol. The van der Waals surface area contributed by atoms with Gasteiger partial charge < -0.3 is 10.3 Å². The smallest absolute Gasteiger partial charge is 0.166 e. The minimum Gasteiger partial charge on any atom is -0.398 e. The number of hydrogen-bond acceptors (Lipinski definition) is 3. The van der Waals surface area contributed by atoms with Crippen LogP contribution in [0.5, 0.6) is 0 Å². The lowest BCUT2D eigenvalue weighted by Crippen LogP contribution is -2.02. The average molecular weight is 228 g/mol. The van der Waals surface area contributed by atoms with Gasteiger partial charge in [0.2, 0.25) is 0 Å². The van der Waals surface area contributed by atoms with Gasteiger partial charge in [0.25, 0.3) is 0 Å². The quantitative estimate of drug-likeness (QED) is 0.803. The summed E-state index contributed by atoms with van der Waals surface area (Å²) in [5.41, 5.74) is 9.00. The molecule has 1 heterocycles. The Morgan fingerprint density at radius 3 is 2.71 bits per heavy atom. The summed E-state index contributed by atoms with van der Waals surface area (Å²) in [7, 11) is 0. The fourth-order valence-electron chi connectivity index (χ4n) is 2.19. The van der Waals surface area contributed by atoms with Gasteiger partial charge in [-0.25, -0.2) is 0 Å². The molecule has 0 aliphatic heterocycles. The second kappa shape index (κ2) is 3.58. The number of benzene rings is 1. The minimum atomic E-state index is 0.569. The maximum atomic E-state index is 6.04. The Balaban J connectivity index is 2.17. The molecule has 17 heavy (non-hydrogen) atoms. The molecule has 4 heteroatoms. The van der Waals surface area contributed by atoms with Gasteiger partial charge in [0.1, 0.15) is 5.82 Å². The lowest BCUT2D eigenvalue weighted by atomic mass is 10.1. The molecule has 1 aromatic heterocycles. The first-order chi connectivity index (χ1) is 8.16. The summed E-state index contributed by atoms with van der Waals surface area (Å²) in [4.78, 5) is 0. The molecule has 0 atom stereocenters. The first-order valence-electron chi connectivity index (χ1n) is 5.95. The van der Waals surface area contributed by atoms with Gasteiger partial charge in [-0.15, -0.1) is 10.2 Å². The Labute approximate surface area is 100 Å². The van der Waals surface area contributed by atoms with Crippen LogP contribution in [0.4, 0.5) is 5.69 Å². The van der Waals surface area contributed by atoms with E-state index in [4.69, 9.17) is 5.73 Å². The summed E-state index contributed by atoms with van der Waals surface area (Å²) < 4.78 is 2.21. The largest absolute Gasteiger partial charge is 0.398 e. The Morgan fingerprint density at radius 2 is 2.00 bits per heavy atom. The van der Waals surface area contributed by atoms with Gasteiger partial charge in [-0.2, -0.15) is 0 Å².